The molecule has 5 nitrogen and oxygen atoms in total. The highest BCUT2D eigenvalue weighted by molar-refractivity contribution is 5.57. The fraction of sp³-hybridized carbons (Fsp3) is 0.692. The van der Waals surface area contributed by atoms with Crippen LogP contribution in [0.2, 0.25) is 0 Å². The fourth-order valence-electron chi connectivity index (χ4n) is 1.80. The second-order valence-corrected chi connectivity index (χ2v) is 4.06. The van der Waals surface area contributed by atoms with E-state index in [1.807, 2.05) is 0 Å². The summed E-state index contributed by atoms with van der Waals surface area (Å²) in [4.78, 5) is 8.59. The number of nitrogens with zero attached hydrogens (tertiary/aromatic N) is 2. The predicted molar refractivity (Wildman–Crippen MR) is 75.2 cm³/mol. The molecule has 102 valence electrons. The van der Waals surface area contributed by atoms with Crippen molar-refractivity contribution in [2.45, 2.75) is 33.1 Å². The largest absolute Gasteiger partial charge is 0.385 e. The van der Waals surface area contributed by atoms with Gasteiger partial charge in [-0.15, -0.1) is 0 Å². The van der Waals surface area contributed by atoms with Crippen LogP contribution in [0.5, 0.6) is 0 Å². The highest BCUT2D eigenvalue weighted by Crippen LogP contribution is 2.20. The Balaban J connectivity index is 2.55. The van der Waals surface area contributed by atoms with Crippen LogP contribution in [0.15, 0.2) is 6.33 Å². The van der Waals surface area contributed by atoms with E-state index >= 15 is 0 Å². The van der Waals surface area contributed by atoms with E-state index < -0.39 is 0 Å². The van der Waals surface area contributed by atoms with Crippen molar-refractivity contribution in [1.29, 1.82) is 0 Å². The number of rotatable bonds is 9. The molecule has 0 aliphatic heterocycles. The van der Waals surface area contributed by atoms with Gasteiger partial charge in [-0.3, -0.25) is 0 Å². The third kappa shape index (κ3) is 4.49. The standard InChI is InChI=1S/C13H24N4O/c1-4-11-12(14-5-2)16-10-17-13(11)15-8-6-7-9-18-3/h10H,4-9H2,1-3H3,(H2,14,15,16,17). The number of anilines is 2. The van der Waals surface area contributed by atoms with Crippen LogP contribution in [-0.2, 0) is 11.2 Å². The van der Waals surface area contributed by atoms with Crippen LogP contribution in [0.25, 0.3) is 0 Å². The lowest BCUT2D eigenvalue weighted by Crippen LogP contribution is -2.11. The maximum absolute atomic E-state index is 5.03. The van der Waals surface area contributed by atoms with E-state index in [-0.39, 0.29) is 0 Å². The van der Waals surface area contributed by atoms with Crippen LogP contribution in [0.4, 0.5) is 11.6 Å². The number of methoxy groups -OCH3 is 1. The zero-order valence-corrected chi connectivity index (χ0v) is 11.6. The van der Waals surface area contributed by atoms with Gasteiger partial charge in [0, 0.05) is 32.4 Å². The van der Waals surface area contributed by atoms with Crippen LogP contribution in [0.1, 0.15) is 32.3 Å². The molecule has 0 aliphatic rings. The lowest BCUT2D eigenvalue weighted by atomic mass is 10.2. The first-order valence-corrected chi connectivity index (χ1v) is 6.64. The topological polar surface area (TPSA) is 59.1 Å². The molecule has 1 rings (SSSR count). The van der Waals surface area contributed by atoms with Crippen LogP contribution in [0.3, 0.4) is 0 Å². The summed E-state index contributed by atoms with van der Waals surface area (Å²) in [5, 5.41) is 6.64. The second-order valence-electron chi connectivity index (χ2n) is 4.06. The Labute approximate surface area is 109 Å². The molecule has 0 amide bonds. The van der Waals surface area contributed by atoms with Gasteiger partial charge in [0.2, 0.25) is 0 Å². The fourth-order valence-corrected chi connectivity index (χ4v) is 1.80. The van der Waals surface area contributed by atoms with Gasteiger partial charge in [-0.2, -0.15) is 0 Å². The van der Waals surface area contributed by atoms with Gasteiger partial charge in [-0.25, -0.2) is 9.97 Å². The smallest absolute Gasteiger partial charge is 0.134 e. The molecular weight excluding hydrogens is 228 g/mol. The number of hydrogen-bond donors (Lipinski definition) is 2. The molecular formula is C13H24N4O. The van der Waals surface area contributed by atoms with Gasteiger partial charge < -0.3 is 15.4 Å². The van der Waals surface area contributed by atoms with Crippen molar-refractivity contribution in [3.8, 4) is 0 Å². The van der Waals surface area contributed by atoms with Crippen molar-refractivity contribution in [2.75, 3.05) is 37.4 Å². The van der Waals surface area contributed by atoms with Crippen molar-refractivity contribution >= 4 is 11.6 Å². The summed E-state index contributed by atoms with van der Waals surface area (Å²) in [6.07, 6.45) is 4.67. The third-order valence-corrected chi connectivity index (χ3v) is 2.71. The van der Waals surface area contributed by atoms with E-state index in [0.29, 0.717) is 0 Å². The summed E-state index contributed by atoms with van der Waals surface area (Å²) in [6, 6.07) is 0. The molecule has 0 aromatic carbocycles. The van der Waals surface area contributed by atoms with Crippen LogP contribution in [0, 0.1) is 0 Å². The summed E-state index contributed by atoms with van der Waals surface area (Å²) in [5.41, 5.74) is 1.16. The molecule has 2 N–H and O–H groups in total. The first-order chi connectivity index (χ1) is 8.83. The van der Waals surface area contributed by atoms with E-state index in [2.05, 4.69) is 34.4 Å². The van der Waals surface area contributed by atoms with Gasteiger partial charge in [0.05, 0.1) is 0 Å². The predicted octanol–water partition coefficient (Wildman–Crippen LogP) is 2.31. The first kappa shape index (κ1) is 14.7. The number of nitrogens with one attached hydrogen (secondary N) is 2. The van der Waals surface area contributed by atoms with Gasteiger partial charge in [0.25, 0.3) is 0 Å². The summed E-state index contributed by atoms with van der Waals surface area (Å²) in [6.45, 7) is 6.79. The molecule has 1 aromatic heterocycles. The van der Waals surface area contributed by atoms with Crippen molar-refractivity contribution in [2.24, 2.45) is 0 Å². The van der Waals surface area contributed by atoms with Gasteiger partial charge in [-0.05, 0) is 26.2 Å². The monoisotopic (exact) mass is 252 g/mol. The SMILES string of the molecule is CCNc1ncnc(NCCCCOC)c1CC. The van der Waals surface area contributed by atoms with E-state index in [1.54, 1.807) is 13.4 Å². The molecule has 0 fully saturated rings. The van der Waals surface area contributed by atoms with Crippen LogP contribution >= 0.6 is 0 Å². The Hall–Kier alpha value is -1.36. The van der Waals surface area contributed by atoms with Crippen molar-refractivity contribution in [3.63, 3.8) is 0 Å². The molecule has 0 saturated heterocycles. The quantitative estimate of drug-likeness (QED) is 0.660. The number of aromatic nitrogens is 2. The van der Waals surface area contributed by atoms with E-state index in [0.717, 1.165) is 56.2 Å². The molecule has 0 spiro atoms. The van der Waals surface area contributed by atoms with Crippen molar-refractivity contribution in [1.82, 2.24) is 9.97 Å². The van der Waals surface area contributed by atoms with Crippen LogP contribution in [-0.4, -0.2) is 36.8 Å². The molecule has 0 radical (unpaired) electrons. The highest BCUT2D eigenvalue weighted by Gasteiger charge is 2.08. The Kier molecular flexibility index (Phi) is 7.10. The highest BCUT2D eigenvalue weighted by atomic mass is 16.5. The Morgan fingerprint density at radius 3 is 2.44 bits per heavy atom. The Morgan fingerprint density at radius 1 is 1.11 bits per heavy atom. The molecule has 0 unspecified atom stereocenters. The van der Waals surface area contributed by atoms with Crippen molar-refractivity contribution in [3.05, 3.63) is 11.9 Å². The number of ether oxygens (including phenoxy) is 1. The molecule has 0 aliphatic carbocycles. The second kappa shape index (κ2) is 8.69. The minimum Gasteiger partial charge on any atom is -0.385 e. The minimum atomic E-state index is 0.814. The molecule has 1 heterocycles. The molecule has 0 bridgehead atoms. The molecule has 5 heteroatoms. The van der Waals surface area contributed by atoms with Gasteiger partial charge in [0.1, 0.15) is 18.0 Å². The zero-order valence-electron chi connectivity index (χ0n) is 11.6. The summed E-state index contributed by atoms with van der Waals surface area (Å²) in [5.74, 6) is 1.88. The van der Waals surface area contributed by atoms with Gasteiger partial charge >= 0.3 is 0 Å². The van der Waals surface area contributed by atoms with E-state index in [4.69, 9.17) is 4.74 Å². The maximum Gasteiger partial charge on any atom is 0.134 e. The number of unbranched alkanes of at least 4 members (excludes halogenated alkanes) is 1. The average molecular weight is 252 g/mol. The van der Waals surface area contributed by atoms with Crippen LogP contribution < -0.4 is 10.6 Å². The third-order valence-electron chi connectivity index (χ3n) is 2.71. The normalized spacial score (nSPS) is 10.4. The van der Waals surface area contributed by atoms with E-state index in [1.165, 1.54) is 0 Å². The summed E-state index contributed by atoms with van der Waals surface area (Å²) >= 11 is 0. The average Bonchev–Trinajstić information content (AvgIpc) is 2.39. The first-order valence-electron chi connectivity index (χ1n) is 6.64. The molecule has 1 aromatic rings. The lowest BCUT2D eigenvalue weighted by Gasteiger charge is -2.13. The minimum absolute atomic E-state index is 0.814. The molecule has 0 atom stereocenters. The van der Waals surface area contributed by atoms with Gasteiger partial charge in [0.15, 0.2) is 0 Å². The maximum atomic E-state index is 5.03. The van der Waals surface area contributed by atoms with E-state index in [9.17, 15) is 0 Å². The molecule has 18 heavy (non-hydrogen) atoms. The Morgan fingerprint density at radius 2 is 1.83 bits per heavy atom. The lowest BCUT2D eigenvalue weighted by molar-refractivity contribution is 0.194. The zero-order chi connectivity index (χ0) is 13.2. The van der Waals surface area contributed by atoms with Gasteiger partial charge in [-0.1, -0.05) is 6.92 Å². The summed E-state index contributed by atoms with van der Waals surface area (Å²) in [7, 11) is 1.73. The van der Waals surface area contributed by atoms with Crippen molar-refractivity contribution < 1.29 is 4.74 Å². The Bertz CT molecular complexity index is 344. The summed E-state index contributed by atoms with van der Waals surface area (Å²) < 4.78 is 5.03. The molecule has 0 saturated carbocycles. The number of hydrogen-bond acceptors (Lipinski definition) is 5.